The molecule has 0 unspecified atom stereocenters. The highest BCUT2D eigenvalue weighted by atomic mass is 32.1. The zero-order valence-corrected chi connectivity index (χ0v) is 5.81. The maximum absolute atomic E-state index is 11.0. The van der Waals surface area contributed by atoms with Crippen LogP contribution < -0.4 is 5.43 Å². The highest BCUT2D eigenvalue weighted by Crippen LogP contribution is 2.08. The van der Waals surface area contributed by atoms with Crippen molar-refractivity contribution in [1.29, 1.82) is 0 Å². The van der Waals surface area contributed by atoms with Gasteiger partial charge in [-0.2, -0.15) is 0 Å². The Bertz CT molecular complexity index is 403. The zero-order valence-electron chi connectivity index (χ0n) is 5.00. The Labute approximate surface area is 60.4 Å². The largest absolute Gasteiger partial charge is 0.351 e. The molecule has 1 N–H and O–H groups in total. The lowest BCUT2D eigenvalue weighted by molar-refractivity contribution is 1.38. The molecule has 0 saturated heterocycles. The second-order valence-corrected chi connectivity index (χ2v) is 2.73. The summed E-state index contributed by atoms with van der Waals surface area (Å²) in [6.45, 7) is 0. The van der Waals surface area contributed by atoms with Crippen molar-refractivity contribution in [3.63, 3.8) is 0 Å². The number of aromatic nitrogens is 2. The number of fused-ring (bicyclic) bond motifs is 1. The topological polar surface area (TPSA) is 45.8 Å². The Hall–Kier alpha value is -1.16. The lowest BCUT2D eigenvalue weighted by Gasteiger charge is -1.82. The van der Waals surface area contributed by atoms with Crippen molar-refractivity contribution in [3.8, 4) is 0 Å². The number of hydrogen-bond donors (Lipinski definition) is 1. The Morgan fingerprint density at radius 1 is 1.60 bits per heavy atom. The van der Waals surface area contributed by atoms with Gasteiger partial charge in [-0.25, -0.2) is 4.98 Å². The quantitative estimate of drug-likeness (QED) is 0.611. The molecule has 0 aromatic carbocycles. The van der Waals surface area contributed by atoms with Crippen LogP contribution in [0.3, 0.4) is 0 Å². The van der Waals surface area contributed by atoms with Gasteiger partial charge in [0, 0.05) is 12.3 Å². The lowest BCUT2D eigenvalue weighted by Crippen LogP contribution is -1.98. The van der Waals surface area contributed by atoms with Gasteiger partial charge in [-0.05, 0) is 0 Å². The Kier molecular flexibility index (Phi) is 1.07. The van der Waals surface area contributed by atoms with Gasteiger partial charge < -0.3 is 4.98 Å². The Morgan fingerprint density at radius 3 is 3.30 bits per heavy atom. The monoisotopic (exact) mass is 152 g/mol. The summed E-state index contributed by atoms with van der Waals surface area (Å²) < 4.78 is 0. The van der Waals surface area contributed by atoms with Crippen LogP contribution >= 0.6 is 11.3 Å². The van der Waals surface area contributed by atoms with E-state index in [0.717, 1.165) is 4.83 Å². The molecule has 4 heteroatoms. The van der Waals surface area contributed by atoms with Crippen LogP contribution in [0.2, 0.25) is 0 Å². The van der Waals surface area contributed by atoms with Gasteiger partial charge in [-0.1, -0.05) is 0 Å². The zero-order chi connectivity index (χ0) is 6.97. The predicted molar refractivity (Wildman–Crippen MR) is 40.2 cm³/mol. The van der Waals surface area contributed by atoms with E-state index in [0.29, 0.717) is 5.52 Å². The van der Waals surface area contributed by atoms with Crippen molar-refractivity contribution in [2.24, 2.45) is 0 Å². The molecule has 0 spiro atoms. The van der Waals surface area contributed by atoms with Crippen LogP contribution in [0.1, 0.15) is 0 Å². The van der Waals surface area contributed by atoms with Gasteiger partial charge >= 0.3 is 0 Å². The molecule has 0 aliphatic rings. The summed E-state index contributed by atoms with van der Waals surface area (Å²) in [5.41, 5.74) is 2.17. The minimum atomic E-state index is -0.0185. The van der Waals surface area contributed by atoms with E-state index in [-0.39, 0.29) is 5.43 Å². The molecule has 2 aromatic heterocycles. The summed E-state index contributed by atoms with van der Waals surface area (Å²) in [5.74, 6) is 0. The number of pyridine rings is 1. The average Bonchev–Trinajstić information content (AvgIpc) is 2.36. The summed E-state index contributed by atoms with van der Waals surface area (Å²) in [4.78, 5) is 18.6. The molecule has 0 aliphatic heterocycles. The Balaban J connectivity index is 3.09. The summed E-state index contributed by atoms with van der Waals surface area (Å²) in [5, 5.41) is 0. The first-order valence-electron chi connectivity index (χ1n) is 2.79. The smallest absolute Gasteiger partial charge is 0.208 e. The van der Waals surface area contributed by atoms with Crippen LogP contribution in [0.4, 0.5) is 0 Å². The number of nitrogens with one attached hydrogen (secondary N) is 1. The molecule has 2 heterocycles. The standard InChI is InChI=1S/C6H4N2OS/c9-4-1-2-7-6-5(4)8-3-10-6/h1-3H,(H,7,9). The second kappa shape index (κ2) is 1.91. The maximum atomic E-state index is 11.0. The SMILES string of the molecule is O=c1cc[nH]c2scnc12. The second-order valence-electron chi connectivity index (χ2n) is 1.87. The summed E-state index contributed by atoms with van der Waals surface area (Å²) in [7, 11) is 0. The van der Waals surface area contributed by atoms with Crippen molar-refractivity contribution < 1.29 is 0 Å². The van der Waals surface area contributed by atoms with Crippen LogP contribution in [0.25, 0.3) is 10.3 Å². The van der Waals surface area contributed by atoms with Crippen LogP contribution in [0.15, 0.2) is 22.6 Å². The fraction of sp³-hybridized carbons (Fsp3) is 0. The normalized spacial score (nSPS) is 10.4. The average molecular weight is 152 g/mol. The van der Waals surface area contributed by atoms with Gasteiger partial charge in [-0.15, -0.1) is 11.3 Å². The van der Waals surface area contributed by atoms with Crippen molar-refractivity contribution in [1.82, 2.24) is 9.97 Å². The molecule has 2 aromatic rings. The fourth-order valence-electron chi connectivity index (χ4n) is 0.796. The first kappa shape index (κ1) is 5.61. The molecule has 0 radical (unpaired) electrons. The summed E-state index contributed by atoms with van der Waals surface area (Å²) >= 11 is 1.43. The minimum absolute atomic E-state index is 0.0185. The van der Waals surface area contributed by atoms with E-state index < -0.39 is 0 Å². The molecule has 0 atom stereocenters. The first-order valence-corrected chi connectivity index (χ1v) is 3.67. The van der Waals surface area contributed by atoms with E-state index in [1.807, 2.05) is 0 Å². The molecule has 0 aliphatic carbocycles. The first-order chi connectivity index (χ1) is 4.88. The fourth-order valence-corrected chi connectivity index (χ4v) is 1.46. The highest BCUT2D eigenvalue weighted by Gasteiger charge is 1.97. The predicted octanol–water partition coefficient (Wildman–Crippen LogP) is 0.985. The molecule has 0 fully saturated rings. The van der Waals surface area contributed by atoms with Gasteiger partial charge in [0.25, 0.3) is 0 Å². The molecule has 0 saturated carbocycles. The van der Waals surface area contributed by atoms with Crippen LogP contribution in [-0.2, 0) is 0 Å². The summed E-state index contributed by atoms with van der Waals surface area (Å²) in [6, 6.07) is 1.47. The lowest BCUT2D eigenvalue weighted by atomic mass is 10.4. The number of H-pyrrole nitrogens is 1. The van der Waals surface area contributed by atoms with Crippen molar-refractivity contribution in [2.75, 3.05) is 0 Å². The van der Waals surface area contributed by atoms with Crippen LogP contribution in [0, 0.1) is 0 Å². The van der Waals surface area contributed by atoms with E-state index in [1.54, 1.807) is 11.7 Å². The third-order valence-corrected chi connectivity index (χ3v) is 2.01. The van der Waals surface area contributed by atoms with E-state index in [1.165, 1.54) is 17.4 Å². The van der Waals surface area contributed by atoms with Gasteiger partial charge in [-0.3, -0.25) is 4.79 Å². The molecule has 2 rings (SSSR count). The number of hydrogen-bond acceptors (Lipinski definition) is 3. The highest BCUT2D eigenvalue weighted by molar-refractivity contribution is 7.16. The van der Waals surface area contributed by atoms with E-state index in [2.05, 4.69) is 9.97 Å². The number of thiazole rings is 1. The van der Waals surface area contributed by atoms with E-state index in [9.17, 15) is 4.79 Å². The van der Waals surface area contributed by atoms with Crippen molar-refractivity contribution in [2.45, 2.75) is 0 Å². The third-order valence-electron chi connectivity index (χ3n) is 1.25. The third kappa shape index (κ3) is 0.657. The molecule has 0 amide bonds. The van der Waals surface area contributed by atoms with Gasteiger partial charge in [0.2, 0.25) is 5.43 Å². The van der Waals surface area contributed by atoms with Gasteiger partial charge in [0.05, 0.1) is 5.51 Å². The minimum Gasteiger partial charge on any atom is -0.351 e. The van der Waals surface area contributed by atoms with Crippen LogP contribution in [-0.4, -0.2) is 9.97 Å². The van der Waals surface area contributed by atoms with E-state index in [4.69, 9.17) is 0 Å². The van der Waals surface area contributed by atoms with Crippen LogP contribution in [0.5, 0.6) is 0 Å². The van der Waals surface area contributed by atoms with Crippen molar-refractivity contribution >= 4 is 21.7 Å². The number of rotatable bonds is 0. The molecule has 50 valence electrons. The molecular formula is C6H4N2OS. The summed E-state index contributed by atoms with van der Waals surface area (Å²) in [6.07, 6.45) is 1.63. The number of aromatic amines is 1. The van der Waals surface area contributed by atoms with Gasteiger partial charge in [0.1, 0.15) is 10.3 Å². The molecule has 3 nitrogen and oxygen atoms in total. The Morgan fingerprint density at radius 2 is 2.50 bits per heavy atom. The van der Waals surface area contributed by atoms with Gasteiger partial charge in [0.15, 0.2) is 0 Å². The van der Waals surface area contributed by atoms with E-state index >= 15 is 0 Å². The molecule has 10 heavy (non-hydrogen) atoms. The molecular weight excluding hydrogens is 148 g/mol. The number of nitrogens with zero attached hydrogens (tertiary/aromatic N) is 1. The van der Waals surface area contributed by atoms with Crippen molar-refractivity contribution in [3.05, 3.63) is 28.0 Å². The maximum Gasteiger partial charge on any atom is 0.208 e. The molecule has 0 bridgehead atoms.